The van der Waals surface area contributed by atoms with Crippen LogP contribution in [0.2, 0.25) is 0 Å². The zero-order chi connectivity index (χ0) is 16.6. The van der Waals surface area contributed by atoms with Gasteiger partial charge in [0.05, 0.1) is 12.5 Å². The Morgan fingerprint density at radius 2 is 1.95 bits per heavy atom. The lowest BCUT2D eigenvalue weighted by atomic mass is 9.75. The molecule has 1 fully saturated rings. The van der Waals surface area contributed by atoms with E-state index < -0.39 is 6.04 Å². The van der Waals surface area contributed by atoms with Crippen molar-refractivity contribution in [3.05, 3.63) is 0 Å². The number of hydrogen-bond donors (Lipinski definition) is 2. The van der Waals surface area contributed by atoms with Crippen LogP contribution in [0.4, 0.5) is 0 Å². The lowest BCUT2D eigenvalue weighted by Gasteiger charge is -2.29. The maximum Gasteiger partial charge on any atom is 0.243 e. The van der Waals surface area contributed by atoms with Gasteiger partial charge in [0.1, 0.15) is 5.78 Å². The Morgan fingerprint density at radius 3 is 2.18 bits per heavy atom. The van der Waals surface area contributed by atoms with Crippen LogP contribution in [0.5, 0.6) is 0 Å². The van der Waals surface area contributed by atoms with E-state index in [4.69, 9.17) is 5.73 Å². The Balaban J connectivity index is 0. The van der Waals surface area contributed by atoms with Gasteiger partial charge in [0.25, 0.3) is 0 Å². The highest BCUT2D eigenvalue weighted by molar-refractivity contribution is 6.05. The second-order valence-corrected chi connectivity index (χ2v) is 6.48. The maximum atomic E-state index is 11.1. The Bertz CT molecular complexity index is 384. The van der Waals surface area contributed by atoms with Crippen LogP contribution >= 0.6 is 0 Å². The molecule has 5 N–H and O–H groups in total. The molecule has 0 radical (unpaired) electrons. The molecular weight excluding hydrogens is 284 g/mol. The topological polar surface area (TPSA) is 121 Å². The smallest absolute Gasteiger partial charge is 0.243 e. The summed E-state index contributed by atoms with van der Waals surface area (Å²) >= 11 is 0. The maximum absolute atomic E-state index is 11.1. The van der Waals surface area contributed by atoms with Crippen LogP contribution in [0, 0.1) is 11.3 Å². The fourth-order valence-corrected chi connectivity index (χ4v) is 2.50. The third-order valence-corrected chi connectivity index (χ3v) is 4.07. The lowest BCUT2D eigenvalue weighted by Crippen LogP contribution is -2.30. The number of carbonyl (C=O) groups excluding carboxylic acids is 3. The first-order chi connectivity index (χ1) is 9.63. The first-order valence-electron chi connectivity index (χ1n) is 7.72. The second-order valence-electron chi connectivity index (χ2n) is 6.48. The van der Waals surface area contributed by atoms with Gasteiger partial charge < -0.3 is 16.0 Å². The zero-order valence-corrected chi connectivity index (χ0v) is 14.5. The highest BCUT2D eigenvalue weighted by atomic mass is 16.2. The molecule has 1 aliphatic heterocycles. The van der Waals surface area contributed by atoms with E-state index in [-0.39, 0.29) is 29.1 Å². The number of carbonyl (C=O) groups is 3. The van der Waals surface area contributed by atoms with Gasteiger partial charge in [-0.3, -0.25) is 14.9 Å². The van der Waals surface area contributed by atoms with Crippen LogP contribution in [-0.4, -0.2) is 29.1 Å². The monoisotopic (exact) mass is 316 g/mol. The molecule has 0 saturated carbocycles. The quantitative estimate of drug-likeness (QED) is 0.718. The van der Waals surface area contributed by atoms with Gasteiger partial charge in [-0.2, -0.15) is 0 Å². The summed E-state index contributed by atoms with van der Waals surface area (Å²) in [7, 11) is 0. The molecule has 2 amide bonds. The highest BCUT2D eigenvalue weighted by Crippen LogP contribution is 2.34. The number of Topliss-reactive ketones (excluding diaryl/α,β-unsaturated/α-hetero) is 1. The number of nitrogens with one attached hydrogen (secondary N) is 1. The van der Waals surface area contributed by atoms with Crippen LogP contribution in [0.3, 0.4) is 0 Å². The molecule has 1 heterocycles. The minimum absolute atomic E-state index is 0. The average Bonchev–Trinajstić information content (AvgIpc) is 2.66. The van der Waals surface area contributed by atoms with Gasteiger partial charge in [0.15, 0.2) is 0 Å². The van der Waals surface area contributed by atoms with E-state index in [1.807, 2.05) is 0 Å². The fraction of sp³-hybridized carbons (Fsp3) is 0.812. The number of hydrogen-bond acceptors (Lipinski definition) is 4. The third kappa shape index (κ3) is 8.89. The normalized spacial score (nSPS) is 20.9. The zero-order valence-electron chi connectivity index (χ0n) is 14.5. The highest BCUT2D eigenvalue weighted by Gasteiger charge is 2.26. The van der Waals surface area contributed by atoms with Crippen LogP contribution in [0.25, 0.3) is 0 Å². The summed E-state index contributed by atoms with van der Waals surface area (Å²) < 4.78 is 0. The lowest BCUT2D eigenvalue weighted by molar-refractivity contribution is -0.125. The summed E-state index contributed by atoms with van der Waals surface area (Å²) in [5.74, 6) is 0.425. The van der Waals surface area contributed by atoms with Gasteiger partial charge in [0, 0.05) is 6.42 Å². The van der Waals surface area contributed by atoms with Crippen LogP contribution in [0.15, 0.2) is 0 Å². The number of rotatable bonds is 6. The summed E-state index contributed by atoms with van der Waals surface area (Å²) in [5, 5.41) is 2.06. The van der Waals surface area contributed by atoms with Gasteiger partial charge in [-0.05, 0) is 24.7 Å². The van der Waals surface area contributed by atoms with Crippen molar-refractivity contribution in [3.8, 4) is 0 Å². The van der Waals surface area contributed by atoms with Crippen molar-refractivity contribution in [2.45, 2.75) is 72.8 Å². The molecule has 1 rings (SSSR count). The Morgan fingerprint density at radius 1 is 1.41 bits per heavy atom. The molecular formula is C16H32N2O4. The van der Waals surface area contributed by atoms with Gasteiger partial charge >= 0.3 is 0 Å². The van der Waals surface area contributed by atoms with E-state index in [1.54, 1.807) is 6.92 Å². The number of nitrogens with two attached hydrogens (primary N) is 1. The van der Waals surface area contributed by atoms with Crippen LogP contribution in [-0.2, 0) is 14.4 Å². The first kappa shape index (κ1) is 23.0. The molecule has 3 atom stereocenters. The van der Waals surface area contributed by atoms with Crippen molar-refractivity contribution in [1.29, 1.82) is 0 Å². The fourth-order valence-electron chi connectivity index (χ4n) is 2.50. The van der Waals surface area contributed by atoms with Crippen molar-refractivity contribution in [1.82, 2.24) is 5.32 Å². The van der Waals surface area contributed by atoms with Crippen molar-refractivity contribution in [2.24, 2.45) is 17.1 Å². The first-order valence-corrected chi connectivity index (χ1v) is 7.72. The summed E-state index contributed by atoms with van der Waals surface area (Å²) in [6.45, 7) is 10.6. The van der Waals surface area contributed by atoms with Crippen LogP contribution in [0.1, 0.15) is 66.7 Å². The van der Waals surface area contributed by atoms with Gasteiger partial charge in [0.2, 0.25) is 11.8 Å². The Labute approximate surface area is 133 Å². The standard InChI is InChI=1S/C12H24O.C4H6N2O2.H2O/c1-6-10(3)8-12(5,7-2)9-11(4)13;5-2-1-3(7)6-4(2)8;/h10H,6-9H2,1-5H3;2H,1,5H2,(H,6,7,8);1H2. The van der Waals surface area contributed by atoms with Crippen molar-refractivity contribution in [2.75, 3.05) is 0 Å². The largest absolute Gasteiger partial charge is 0.412 e. The predicted octanol–water partition coefficient (Wildman–Crippen LogP) is 1.35. The van der Waals surface area contributed by atoms with E-state index in [0.29, 0.717) is 5.78 Å². The molecule has 1 aliphatic rings. The van der Waals surface area contributed by atoms with Gasteiger partial charge in [-0.1, -0.05) is 40.5 Å². The van der Waals surface area contributed by atoms with E-state index in [9.17, 15) is 14.4 Å². The minimum atomic E-state index is -0.609. The van der Waals surface area contributed by atoms with Crippen molar-refractivity contribution >= 4 is 17.6 Å². The minimum Gasteiger partial charge on any atom is -0.412 e. The number of ketones is 1. The van der Waals surface area contributed by atoms with Crippen molar-refractivity contribution < 1.29 is 19.9 Å². The molecule has 0 aromatic rings. The third-order valence-electron chi connectivity index (χ3n) is 4.07. The number of imide groups is 1. The molecule has 0 bridgehead atoms. The molecule has 0 aliphatic carbocycles. The molecule has 0 aromatic carbocycles. The molecule has 3 unspecified atom stereocenters. The predicted molar refractivity (Wildman–Crippen MR) is 87.1 cm³/mol. The second kappa shape index (κ2) is 10.5. The molecule has 1 saturated heterocycles. The summed E-state index contributed by atoms with van der Waals surface area (Å²) in [6, 6.07) is -0.609. The van der Waals surface area contributed by atoms with E-state index >= 15 is 0 Å². The Hall–Kier alpha value is -1.27. The number of amides is 2. The molecule has 130 valence electrons. The van der Waals surface area contributed by atoms with E-state index in [2.05, 4.69) is 33.0 Å². The molecule has 22 heavy (non-hydrogen) atoms. The molecule has 6 heteroatoms. The Kier molecular flexibility index (Phi) is 10.9. The summed E-state index contributed by atoms with van der Waals surface area (Å²) in [5.41, 5.74) is 5.37. The van der Waals surface area contributed by atoms with Gasteiger partial charge in [-0.25, -0.2) is 0 Å². The van der Waals surface area contributed by atoms with Crippen molar-refractivity contribution in [3.63, 3.8) is 0 Å². The van der Waals surface area contributed by atoms with E-state index in [0.717, 1.165) is 18.8 Å². The molecule has 0 spiro atoms. The van der Waals surface area contributed by atoms with Gasteiger partial charge in [-0.15, -0.1) is 0 Å². The average molecular weight is 316 g/mol. The van der Waals surface area contributed by atoms with Crippen LogP contribution < -0.4 is 11.1 Å². The summed E-state index contributed by atoms with van der Waals surface area (Å²) in [6.07, 6.45) is 4.39. The van der Waals surface area contributed by atoms with E-state index in [1.165, 1.54) is 12.8 Å². The summed E-state index contributed by atoms with van der Waals surface area (Å²) in [4.78, 5) is 31.7. The molecule has 6 nitrogen and oxygen atoms in total. The SMILES string of the molecule is CCC(C)CC(C)(CC)CC(C)=O.NC1CC(=O)NC1=O.O. The molecule has 0 aromatic heterocycles.